The highest BCUT2D eigenvalue weighted by Gasteiger charge is 2.37. The first kappa shape index (κ1) is 36.1. The van der Waals surface area contributed by atoms with Gasteiger partial charge in [-0.05, 0) is 99.6 Å². The Balaban J connectivity index is 1.04. The summed E-state index contributed by atoms with van der Waals surface area (Å²) < 4.78 is 36.4. The van der Waals surface area contributed by atoms with Crippen LogP contribution in [0.3, 0.4) is 0 Å². The van der Waals surface area contributed by atoms with Crippen LogP contribution in [0.2, 0.25) is 0 Å². The minimum Gasteiger partial charge on any atom is -0.456 e. The van der Waals surface area contributed by atoms with Crippen LogP contribution in [0, 0.1) is 0 Å². The molecule has 3 aliphatic rings. The van der Waals surface area contributed by atoms with Gasteiger partial charge < -0.3 is 28.4 Å². The van der Waals surface area contributed by atoms with Gasteiger partial charge in [0.05, 0.1) is 24.3 Å². The summed E-state index contributed by atoms with van der Waals surface area (Å²) in [5, 5.41) is 1.35. The van der Waals surface area contributed by atoms with Gasteiger partial charge in [0, 0.05) is 35.1 Å². The summed E-state index contributed by atoms with van der Waals surface area (Å²) in [5.41, 5.74) is 3.41. The average molecular weight is 727 g/mol. The number of benzene rings is 5. The zero-order valence-electron chi connectivity index (χ0n) is 30.6. The van der Waals surface area contributed by atoms with E-state index >= 15 is 0 Å². The Bertz CT molecular complexity index is 1930. The van der Waals surface area contributed by atoms with Crippen LogP contribution in [0.4, 0.5) is 0 Å². The molecule has 0 spiro atoms. The highest BCUT2D eigenvalue weighted by Crippen LogP contribution is 2.48. The predicted octanol–water partition coefficient (Wildman–Crippen LogP) is 10.2. The van der Waals surface area contributed by atoms with Crippen LogP contribution in [-0.4, -0.2) is 50.6 Å². The van der Waals surface area contributed by atoms with E-state index in [1.807, 2.05) is 72.8 Å². The fourth-order valence-electron chi connectivity index (χ4n) is 7.52. The van der Waals surface area contributed by atoms with Crippen molar-refractivity contribution in [2.24, 2.45) is 0 Å². The van der Waals surface area contributed by atoms with E-state index in [9.17, 15) is 9.59 Å². The van der Waals surface area contributed by atoms with Crippen molar-refractivity contribution in [2.75, 3.05) is 26.4 Å². The highest BCUT2D eigenvalue weighted by atomic mass is 16.7. The van der Waals surface area contributed by atoms with Crippen molar-refractivity contribution in [1.82, 2.24) is 0 Å². The number of hydrogen-bond acceptors (Lipinski definition) is 8. The van der Waals surface area contributed by atoms with Crippen molar-refractivity contribution < 1.29 is 38.0 Å². The lowest BCUT2D eigenvalue weighted by Crippen LogP contribution is -2.22. The summed E-state index contributed by atoms with van der Waals surface area (Å²) in [7, 11) is 0. The molecule has 278 valence electrons. The monoisotopic (exact) mass is 726 g/mol. The molecule has 8 rings (SSSR count). The van der Waals surface area contributed by atoms with E-state index in [1.54, 1.807) is 24.3 Å². The molecule has 2 unspecified atom stereocenters. The molecule has 2 heterocycles. The fourth-order valence-corrected chi connectivity index (χ4v) is 7.52. The van der Waals surface area contributed by atoms with Gasteiger partial charge in [-0.3, -0.25) is 9.59 Å². The number of aryl methyl sites for hydroxylation is 2. The number of carbonyl (C=O) groups is 2. The summed E-state index contributed by atoms with van der Waals surface area (Å²) in [6, 6.07) is 30.3. The third-order valence-electron chi connectivity index (χ3n) is 10.4. The Labute approximate surface area is 316 Å². The Morgan fingerprint density at radius 2 is 0.944 bits per heavy atom. The molecule has 1 aliphatic carbocycles. The van der Waals surface area contributed by atoms with Gasteiger partial charge in [0.15, 0.2) is 24.1 Å². The molecule has 0 radical (unpaired) electrons. The maximum absolute atomic E-state index is 14.4. The lowest BCUT2D eigenvalue weighted by atomic mass is 9.81. The highest BCUT2D eigenvalue weighted by molar-refractivity contribution is 6.32. The van der Waals surface area contributed by atoms with Crippen LogP contribution in [0.25, 0.3) is 10.8 Å². The average Bonchev–Trinajstić information content (AvgIpc) is 3.23. The molecule has 0 saturated carbocycles. The molecule has 8 nitrogen and oxygen atoms in total. The summed E-state index contributed by atoms with van der Waals surface area (Å²) in [4.78, 5) is 28.7. The van der Waals surface area contributed by atoms with E-state index in [-0.39, 0.29) is 35.3 Å². The minimum atomic E-state index is -0.277. The Morgan fingerprint density at radius 3 is 1.35 bits per heavy atom. The molecule has 5 aromatic rings. The SMILES string of the molecule is O=C1c2ccccc2C(=O)c2c1c(Oc1ccc(CCCOC3CCCCO3)cc1)c1ccccc1c2Oc1ccc(CCCOC2CCCCO2)cc1. The van der Waals surface area contributed by atoms with Gasteiger partial charge in [-0.2, -0.15) is 0 Å². The third-order valence-corrected chi connectivity index (χ3v) is 10.4. The smallest absolute Gasteiger partial charge is 0.198 e. The number of carbonyl (C=O) groups excluding carboxylic acids is 2. The second-order valence-electron chi connectivity index (χ2n) is 14.2. The molecule has 8 heteroatoms. The molecule has 54 heavy (non-hydrogen) atoms. The quantitative estimate of drug-likeness (QED) is 0.103. The Kier molecular flexibility index (Phi) is 11.4. The van der Waals surface area contributed by atoms with E-state index < -0.39 is 0 Å². The normalized spacial score (nSPS) is 18.3. The maximum Gasteiger partial charge on any atom is 0.198 e. The van der Waals surface area contributed by atoms with Crippen LogP contribution < -0.4 is 9.47 Å². The van der Waals surface area contributed by atoms with Gasteiger partial charge >= 0.3 is 0 Å². The van der Waals surface area contributed by atoms with E-state index in [0.717, 1.165) is 88.5 Å². The summed E-state index contributed by atoms with van der Waals surface area (Å²) >= 11 is 0. The van der Waals surface area contributed by atoms with E-state index in [4.69, 9.17) is 28.4 Å². The molecule has 0 aromatic heterocycles. The van der Waals surface area contributed by atoms with E-state index in [1.165, 1.54) is 0 Å². The minimum absolute atomic E-state index is 0.0863. The van der Waals surface area contributed by atoms with Crippen molar-refractivity contribution in [3.63, 3.8) is 0 Å². The molecule has 5 aromatic carbocycles. The summed E-state index contributed by atoms with van der Waals surface area (Å²) in [6.07, 6.45) is 9.71. The first-order valence-electron chi connectivity index (χ1n) is 19.4. The second-order valence-corrected chi connectivity index (χ2v) is 14.2. The van der Waals surface area contributed by atoms with Gasteiger partial charge in [0.2, 0.25) is 0 Å². The number of ketones is 2. The van der Waals surface area contributed by atoms with Gasteiger partial charge in [0.1, 0.15) is 23.0 Å². The lowest BCUT2D eigenvalue weighted by Gasteiger charge is -2.25. The molecule has 0 amide bonds. The lowest BCUT2D eigenvalue weighted by molar-refractivity contribution is -0.162. The molecule has 2 atom stereocenters. The maximum atomic E-state index is 14.4. The predicted molar refractivity (Wildman–Crippen MR) is 206 cm³/mol. The zero-order valence-corrected chi connectivity index (χ0v) is 30.6. The van der Waals surface area contributed by atoms with Crippen LogP contribution in [-0.2, 0) is 31.8 Å². The Morgan fingerprint density at radius 1 is 0.519 bits per heavy atom. The first-order chi connectivity index (χ1) is 26.6. The van der Waals surface area contributed by atoms with Crippen molar-refractivity contribution in [3.8, 4) is 23.0 Å². The largest absolute Gasteiger partial charge is 0.456 e. The fraction of sp³-hybridized carbons (Fsp3) is 0.348. The van der Waals surface area contributed by atoms with Crippen molar-refractivity contribution in [2.45, 2.75) is 76.8 Å². The van der Waals surface area contributed by atoms with Crippen molar-refractivity contribution in [3.05, 3.63) is 130 Å². The second kappa shape index (κ2) is 17.1. The number of rotatable bonds is 14. The molecular formula is C46H46O8. The molecule has 2 aliphatic heterocycles. The zero-order chi connectivity index (χ0) is 36.7. The van der Waals surface area contributed by atoms with Crippen LogP contribution >= 0.6 is 0 Å². The molecular weight excluding hydrogens is 680 g/mol. The van der Waals surface area contributed by atoms with E-state index in [0.29, 0.717) is 58.1 Å². The topological polar surface area (TPSA) is 89.5 Å². The van der Waals surface area contributed by atoms with Crippen molar-refractivity contribution in [1.29, 1.82) is 0 Å². The first-order valence-corrected chi connectivity index (χ1v) is 19.4. The molecule has 0 N–H and O–H groups in total. The van der Waals surface area contributed by atoms with Crippen LogP contribution in [0.15, 0.2) is 97.1 Å². The standard InChI is InChI=1S/C46H46O8/c47-43-35-13-1-2-14-36(35)44(48)42-41(43)45(53-33-23-19-31(20-24-33)11-9-29-51-39-17-5-7-27-49-39)37-15-3-4-16-38(37)46(42)54-34-25-21-32(22-26-34)12-10-30-52-40-18-6-8-28-50-40/h1-4,13-16,19-26,39-40H,5-12,17-18,27-30H2. The molecule has 2 saturated heterocycles. The van der Waals surface area contributed by atoms with Crippen LogP contribution in [0.5, 0.6) is 23.0 Å². The third kappa shape index (κ3) is 8.12. The number of ether oxygens (including phenoxy) is 6. The Hall–Kier alpha value is -4.86. The van der Waals surface area contributed by atoms with Crippen LogP contribution in [0.1, 0.15) is 94.3 Å². The van der Waals surface area contributed by atoms with Crippen molar-refractivity contribution >= 4 is 22.3 Å². The summed E-state index contributed by atoms with van der Waals surface area (Å²) in [6.45, 7) is 2.83. The van der Waals surface area contributed by atoms with Gasteiger partial charge in [-0.25, -0.2) is 0 Å². The van der Waals surface area contributed by atoms with E-state index in [2.05, 4.69) is 0 Å². The summed E-state index contributed by atoms with van der Waals surface area (Å²) in [5.74, 6) is 1.26. The van der Waals surface area contributed by atoms with Gasteiger partial charge in [-0.15, -0.1) is 0 Å². The number of fused-ring (bicyclic) bond motifs is 3. The molecule has 0 bridgehead atoms. The van der Waals surface area contributed by atoms with Gasteiger partial charge in [0.25, 0.3) is 0 Å². The van der Waals surface area contributed by atoms with Gasteiger partial charge in [-0.1, -0.05) is 72.8 Å². The molecule has 2 fully saturated rings. The number of hydrogen-bond donors (Lipinski definition) is 0.